The number of imidazole rings is 1. The Morgan fingerprint density at radius 1 is 0.972 bits per heavy atom. The van der Waals surface area contributed by atoms with Crippen LogP contribution in [0.15, 0.2) is 73.1 Å². The first-order valence-corrected chi connectivity index (χ1v) is 12.2. The lowest BCUT2D eigenvalue weighted by Gasteiger charge is -2.25. The highest BCUT2D eigenvalue weighted by atomic mass is 16.1. The Morgan fingerprint density at radius 2 is 1.75 bits per heavy atom. The van der Waals surface area contributed by atoms with Gasteiger partial charge in [0, 0.05) is 34.7 Å². The molecule has 180 valence electrons. The Kier molecular flexibility index (Phi) is 5.48. The number of para-hydroxylation sites is 1. The highest BCUT2D eigenvalue weighted by Crippen LogP contribution is 2.36. The van der Waals surface area contributed by atoms with Crippen molar-refractivity contribution in [2.75, 3.05) is 11.1 Å². The molecule has 6 rings (SSSR count). The minimum atomic E-state index is -0.204. The summed E-state index contributed by atoms with van der Waals surface area (Å²) >= 11 is 0. The number of benzene rings is 2. The van der Waals surface area contributed by atoms with Crippen molar-refractivity contribution >= 4 is 39.6 Å². The second-order valence-electron chi connectivity index (χ2n) is 9.43. The first-order valence-electron chi connectivity index (χ1n) is 12.2. The van der Waals surface area contributed by atoms with E-state index in [1.807, 2.05) is 60.8 Å². The number of primary amides is 1. The summed E-state index contributed by atoms with van der Waals surface area (Å²) in [7, 11) is 0. The summed E-state index contributed by atoms with van der Waals surface area (Å²) < 4.78 is 2.05. The van der Waals surface area contributed by atoms with Crippen LogP contribution in [0.4, 0.5) is 17.3 Å². The average molecular weight is 478 g/mol. The summed E-state index contributed by atoms with van der Waals surface area (Å²) in [5.74, 6) is 2.17. The zero-order valence-electron chi connectivity index (χ0n) is 19.8. The number of nitrogens with two attached hydrogens (primary N) is 2. The second kappa shape index (κ2) is 8.96. The van der Waals surface area contributed by atoms with E-state index >= 15 is 0 Å². The van der Waals surface area contributed by atoms with E-state index in [1.165, 1.54) is 0 Å². The van der Waals surface area contributed by atoms with Gasteiger partial charge in [-0.2, -0.15) is 0 Å². The molecule has 3 heterocycles. The van der Waals surface area contributed by atoms with Crippen molar-refractivity contribution in [1.29, 1.82) is 0 Å². The van der Waals surface area contributed by atoms with Crippen molar-refractivity contribution in [2.45, 2.75) is 31.6 Å². The van der Waals surface area contributed by atoms with E-state index in [9.17, 15) is 4.79 Å². The lowest BCUT2D eigenvalue weighted by Crippen LogP contribution is -2.27. The van der Waals surface area contributed by atoms with Crippen LogP contribution in [0.1, 0.15) is 37.4 Å². The van der Waals surface area contributed by atoms with Crippen LogP contribution < -0.4 is 16.8 Å². The van der Waals surface area contributed by atoms with Crippen LogP contribution in [-0.4, -0.2) is 25.3 Å². The number of nitrogens with zero attached hydrogens (tertiary/aromatic N) is 4. The monoisotopic (exact) mass is 477 g/mol. The predicted octanol–water partition coefficient (Wildman–Crippen LogP) is 5.03. The largest absolute Gasteiger partial charge is 0.382 e. The molecule has 3 aromatic heterocycles. The van der Waals surface area contributed by atoms with Gasteiger partial charge in [0.05, 0.1) is 17.4 Å². The van der Waals surface area contributed by atoms with E-state index in [1.54, 1.807) is 6.20 Å². The first-order chi connectivity index (χ1) is 17.5. The standard InChI is InChI=1S/C28H27N7O/c29-26-24-15-31-28(19-9-7-18(8-10-19)27(30)36)35(24)16-23(34-26)20-11-6-17-12-13-25(33-22(17)14-20)32-21-4-2-1-3-5-21/h1-6,11-16,18-19H,7-10H2,(H2,29,34)(H2,30,36)(H,32,33). The molecular weight excluding hydrogens is 450 g/mol. The smallest absolute Gasteiger partial charge is 0.220 e. The molecular formula is C28H27N7O. The van der Waals surface area contributed by atoms with Crippen LogP contribution in [0.5, 0.6) is 0 Å². The van der Waals surface area contributed by atoms with Crippen LogP contribution in [0.3, 0.4) is 0 Å². The number of anilines is 3. The third-order valence-electron chi connectivity index (χ3n) is 7.11. The maximum absolute atomic E-state index is 11.6. The fourth-order valence-electron chi connectivity index (χ4n) is 5.13. The quantitative estimate of drug-likeness (QED) is 0.326. The molecule has 1 fully saturated rings. The number of carbonyl (C=O) groups excluding carboxylic acids is 1. The minimum Gasteiger partial charge on any atom is -0.382 e. The van der Waals surface area contributed by atoms with Gasteiger partial charge in [0.2, 0.25) is 5.91 Å². The van der Waals surface area contributed by atoms with Gasteiger partial charge in [-0.15, -0.1) is 0 Å². The van der Waals surface area contributed by atoms with Gasteiger partial charge in [0.1, 0.15) is 23.0 Å². The number of hydrogen-bond donors (Lipinski definition) is 3. The number of pyridine rings is 1. The molecule has 8 heteroatoms. The van der Waals surface area contributed by atoms with Gasteiger partial charge in [0.25, 0.3) is 0 Å². The third-order valence-corrected chi connectivity index (χ3v) is 7.11. The molecule has 8 nitrogen and oxygen atoms in total. The van der Waals surface area contributed by atoms with Gasteiger partial charge in [-0.25, -0.2) is 15.0 Å². The van der Waals surface area contributed by atoms with E-state index in [0.29, 0.717) is 5.82 Å². The minimum absolute atomic E-state index is 0.0406. The van der Waals surface area contributed by atoms with Gasteiger partial charge < -0.3 is 16.8 Å². The summed E-state index contributed by atoms with van der Waals surface area (Å²) in [6.07, 6.45) is 7.12. The number of nitrogens with one attached hydrogen (secondary N) is 1. The molecule has 1 aliphatic rings. The Bertz CT molecular complexity index is 1570. The SMILES string of the molecule is NC(=O)C1CCC(c2ncc3c(N)nc(-c4ccc5ccc(Nc6ccccc6)nc5c4)cn23)CC1. The average Bonchev–Trinajstić information content (AvgIpc) is 3.33. The molecule has 0 atom stereocenters. The Morgan fingerprint density at radius 3 is 2.53 bits per heavy atom. The lowest BCUT2D eigenvalue weighted by atomic mass is 9.81. The third kappa shape index (κ3) is 4.11. The van der Waals surface area contributed by atoms with Crippen molar-refractivity contribution in [3.05, 3.63) is 78.9 Å². The highest BCUT2D eigenvalue weighted by molar-refractivity contribution is 5.85. The van der Waals surface area contributed by atoms with Crippen molar-refractivity contribution in [3.63, 3.8) is 0 Å². The van der Waals surface area contributed by atoms with Crippen molar-refractivity contribution < 1.29 is 4.79 Å². The Labute approximate surface area is 208 Å². The van der Waals surface area contributed by atoms with Gasteiger partial charge in [-0.3, -0.25) is 9.20 Å². The van der Waals surface area contributed by atoms with Gasteiger partial charge in [0.15, 0.2) is 0 Å². The van der Waals surface area contributed by atoms with E-state index in [0.717, 1.165) is 70.7 Å². The zero-order valence-corrected chi connectivity index (χ0v) is 19.8. The van der Waals surface area contributed by atoms with Gasteiger partial charge in [-0.1, -0.05) is 30.3 Å². The molecule has 36 heavy (non-hydrogen) atoms. The summed E-state index contributed by atoms with van der Waals surface area (Å²) in [5.41, 5.74) is 16.2. The van der Waals surface area contributed by atoms with E-state index < -0.39 is 0 Å². The number of hydrogen-bond acceptors (Lipinski definition) is 6. The van der Waals surface area contributed by atoms with Crippen molar-refractivity contribution in [3.8, 4) is 11.3 Å². The number of amides is 1. The van der Waals surface area contributed by atoms with E-state index in [2.05, 4.69) is 20.8 Å². The van der Waals surface area contributed by atoms with E-state index in [-0.39, 0.29) is 17.7 Å². The maximum Gasteiger partial charge on any atom is 0.220 e. The number of nitrogen functional groups attached to an aromatic ring is 1. The molecule has 0 bridgehead atoms. The maximum atomic E-state index is 11.6. The van der Waals surface area contributed by atoms with Crippen molar-refractivity contribution in [2.24, 2.45) is 11.7 Å². The molecule has 0 aliphatic heterocycles. The number of aromatic nitrogens is 4. The lowest BCUT2D eigenvalue weighted by molar-refractivity contribution is -0.122. The highest BCUT2D eigenvalue weighted by Gasteiger charge is 2.28. The molecule has 0 radical (unpaired) electrons. The fourth-order valence-corrected chi connectivity index (χ4v) is 5.13. The molecule has 0 unspecified atom stereocenters. The van der Waals surface area contributed by atoms with Crippen molar-refractivity contribution in [1.82, 2.24) is 19.4 Å². The van der Waals surface area contributed by atoms with Gasteiger partial charge >= 0.3 is 0 Å². The normalized spacial score (nSPS) is 17.9. The number of rotatable bonds is 5. The van der Waals surface area contributed by atoms with E-state index in [4.69, 9.17) is 21.4 Å². The molecule has 2 aromatic carbocycles. The molecule has 0 saturated heterocycles. The first kappa shape index (κ1) is 22.0. The zero-order chi connectivity index (χ0) is 24.6. The van der Waals surface area contributed by atoms with Gasteiger partial charge in [-0.05, 0) is 56.0 Å². The predicted molar refractivity (Wildman–Crippen MR) is 142 cm³/mol. The topological polar surface area (TPSA) is 124 Å². The summed E-state index contributed by atoms with van der Waals surface area (Å²) in [6.45, 7) is 0. The molecule has 1 aliphatic carbocycles. The Balaban J connectivity index is 1.34. The van der Waals surface area contributed by atoms with Crippen LogP contribution in [0, 0.1) is 5.92 Å². The van der Waals surface area contributed by atoms with Crippen LogP contribution in [0.2, 0.25) is 0 Å². The summed E-state index contributed by atoms with van der Waals surface area (Å²) in [4.78, 5) is 25.8. The second-order valence-corrected chi connectivity index (χ2v) is 9.43. The number of carbonyl (C=O) groups is 1. The number of fused-ring (bicyclic) bond motifs is 2. The fraction of sp³-hybridized carbons (Fsp3) is 0.214. The molecule has 1 saturated carbocycles. The Hall–Kier alpha value is -4.46. The molecule has 5 N–H and O–H groups in total. The van der Waals surface area contributed by atoms with Crippen LogP contribution in [-0.2, 0) is 4.79 Å². The summed E-state index contributed by atoms with van der Waals surface area (Å²) in [6, 6.07) is 20.1. The van der Waals surface area contributed by atoms with Crippen LogP contribution >= 0.6 is 0 Å². The summed E-state index contributed by atoms with van der Waals surface area (Å²) in [5, 5.41) is 4.39. The molecule has 5 aromatic rings. The molecule has 0 spiro atoms. The van der Waals surface area contributed by atoms with Crippen LogP contribution in [0.25, 0.3) is 27.7 Å². The molecule has 1 amide bonds.